The van der Waals surface area contributed by atoms with Gasteiger partial charge in [-0.05, 0) is 19.1 Å². The van der Waals surface area contributed by atoms with E-state index in [-0.39, 0.29) is 0 Å². The minimum absolute atomic E-state index is 0.455. The highest BCUT2D eigenvalue weighted by Crippen LogP contribution is 2.24. The third-order valence-corrected chi connectivity index (χ3v) is 2.44. The number of benzene rings is 1. The van der Waals surface area contributed by atoms with Gasteiger partial charge >= 0.3 is 5.97 Å². The van der Waals surface area contributed by atoms with Crippen molar-refractivity contribution in [1.29, 1.82) is 0 Å². The van der Waals surface area contributed by atoms with Crippen LogP contribution in [-0.4, -0.2) is 25.9 Å². The van der Waals surface area contributed by atoms with Crippen molar-refractivity contribution in [3.8, 4) is 5.75 Å². The summed E-state index contributed by atoms with van der Waals surface area (Å²) in [6.45, 7) is 1.47. The molecule has 0 saturated heterocycles. The van der Waals surface area contributed by atoms with Gasteiger partial charge in [-0.25, -0.2) is 4.79 Å². The molecule has 0 radical (unpaired) electrons. The lowest BCUT2D eigenvalue weighted by atomic mass is 10.3. The van der Waals surface area contributed by atoms with Crippen LogP contribution in [0.2, 0.25) is 0 Å². The van der Waals surface area contributed by atoms with Crippen LogP contribution < -0.4 is 4.74 Å². The van der Waals surface area contributed by atoms with E-state index >= 15 is 0 Å². The summed E-state index contributed by atoms with van der Waals surface area (Å²) in [7, 11) is 0. The minimum atomic E-state index is -1.00. The molecule has 1 aromatic heterocycles. The van der Waals surface area contributed by atoms with Crippen molar-refractivity contribution in [2.75, 3.05) is 0 Å². The van der Waals surface area contributed by atoms with Gasteiger partial charge in [-0.15, -0.1) is 0 Å². The first kappa shape index (κ1) is 9.85. The number of aromatic nitrogens is 2. The second kappa shape index (κ2) is 3.82. The van der Waals surface area contributed by atoms with E-state index in [1.807, 2.05) is 0 Å². The largest absolute Gasteiger partial charge is 0.479 e. The number of aliphatic carboxylic acids is 1. The molecule has 0 spiro atoms. The van der Waals surface area contributed by atoms with Crippen LogP contribution in [0.3, 0.4) is 0 Å². The summed E-state index contributed by atoms with van der Waals surface area (Å²) >= 11 is 1.08. The summed E-state index contributed by atoms with van der Waals surface area (Å²) in [5, 5.41) is 8.71. The Morgan fingerprint density at radius 1 is 1.53 bits per heavy atom. The maximum Gasteiger partial charge on any atom is 0.344 e. The Kier molecular flexibility index (Phi) is 2.51. The van der Waals surface area contributed by atoms with Crippen molar-refractivity contribution < 1.29 is 14.6 Å². The van der Waals surface area contributed by atoms with E-state index in [9.17, 15) is 4.79 Å². The fourth-order valence-corrected chi connectivity index (χ4v) is 1.66. The highest BCUT2D eigenvalue weighted by atomic mass is 32.1. The molecule has 0 aliphatic heterocycles. The number of hydrogen-bond acceptors (Lipinski definition) is 5. The summed E-state index contributed by atoms with van der Waals surface area (Å²) in [5.41, 5.74) is 1.32. The van der Waals surface area contributed by atoms with Crippen LogP contribution >= 0.6 is 11.7 Å². The molecule has 0 aliphatic carbocycles. The summed E-state index contributed by atoms with van der Waals surface area (Å²) in [6.07, 6.45) is -0.891. The Morgan fingerprint density at radius 2 is 2.33 bits per heavy atom. The van der Waals surface area contributed by atoms with Crippen molar-refractivity contribution in [1.82, 2.24) is 8.75 Å². The van der Waals surface area contributed by atoms with E-state index in [0.717, 1.165) is 17.2 Å². The average molecular weight is 224 g/mol. The SMILES string of the molecule is CC(Oc1cccc2nsnc12)C(=O)O. The van der Waals surface area contributed by atoms with Crippen molar-refractivity contribution in [3.05, 3.63) is 18.2 Å². The van der Waals surface area contributed by atoms with E-state index in [1.165, 1.54) is 6.92 Å². The Balaban J connectivity index is 2.35. The van der Waals surface area contributed by atoms with Crippen LogP contribution in [0, 0.1) is 0 Å². The highest BCUT2D eigenvalue weighted by molar-refractivity contribution is 7.00. The predicted molar refractivity (Wildman–Crippen MR) is 55.1 cm³/mol. The number of carbonyl (C=O) groups is 1. The molecule has 6 heteroatoms. The highest BCUT2D eigenvalue weighted by Gasteiger charge is 2.15. The third-order valence-electron chi connectivity index (χ3n) is 1.90. The van der Waals surface area contributed by atoms with E-state index in [1.54, 1.807) is 18.2 Å². The van der Waals surface area contributed by atoms with E-state index in [4.69, 9.17) is 9.84 Å². The van der Waals surface area contributed by atoms with Gasteiger partial charge in [-0.3, -0.25) is 0 Å². The van der Waals surface area contributed by atoms with Crippen molar-refractivity contribution in [3.63, 3.8) is 0 Å². The minimum Gasteiger partial charge on any atom is -0.479 e. The molecule has 5 nitrogen and oxygen atoms in total. The van der Waals surface area contributed by atoms with E-state index < -0.39 is 12.1 Å². The number of hydrogen-bond donors (Lipinski definition) is 1. The number of rotatable bonds is 3. The molecule has 2 aromatic rings. The number of fused-ring (bicyclic) bond motifs is 1. The lowest BCUT2D eigenvalue weighted by Crippen LogP contribution is -2.22. The van der Waals surface area contributed by atoms with E-state index in [2.05, 4.69) is 8.75 Å². The smallest absolute Gasteiger partial charge is 0.344 e. The molecule has 0 bridgehead atoms. The summed E-state index contributed by atoms with van der Waals surface area (Å²) < 4.78 is 13.3. The molecule has 1 N–H and O–H groups in total. The molecule has 1 heterocycles. The monoisotopic (exact) mass is 224 g/mol. The molecule has 2 rings (SSSR count). The first-order valence-corrected chi connectivity index (χ1v) is 5.02. The zero-order valence-corrected chi connectivity index (χ0v) is 8.69. The Morgan fingerprint density at radius 3 is 3.07 bits per heavy atom. The molecule has 1 unspecified atom stereocenters. The molecule has 0 aliphatic rings. The van der Waals surface area contributed by atoms with Gasteiger partial charge in [0.05, 0.1) is 11.7 Å². The first-order chi connectivity index (χ1) is 7.18. The van der Waals surface area contributed by atoms with Gasteiger partial charge in [0.15, 0.2) is 6.10 Å². The fourth-order valence-electron chi connectivity index (χ4n) is 1.12. The Hall–Kier alpha value is -1.69. The topological polar surface area (TPSA) is 72.3 Å². The van der Waals surface area contributed by atoms with Crippen molar-refractivity contribution in [2.45, 2.75) is 13.0 Å². The molecule has 0 amide bonds. The molecule has 0 saturated carbocycles. The zero-order valence-electron chi connectivity index (χ0n) is 7.88. The quantitative estimate of drug-likeness (QED) is 0.856. The van der Waals surface area contributed by atoms with Crippen LogP contribution in [0.25, 0.3) is 11.0 Å². The van der Waals surface area contributed by atoms with Gasteiger partial charge in [0.2, 0.25) is 0 Å². The van der Waals surface area contributed by atoms with Gasteiger partial charge in [0, 0.05) is 0 Å². The average Bonchev–Trinajstić information content (AvgIpc) is 2.66. The summed E-state index contributed by atoms with van der Waals surface area (Å²) in [4.78, 5) is 10.6. The van der Waals surface area contributed by atoms with Crippen LogP contribution in [0.4, 0.5) is 0 Å². The first-order valence-electron chi connectivity index (χ1n) is 4.29. The van der Waals surface area contributed by atoms with Gasteiger partial charge < -0.3 is 9.84 Å². The van der Waals surface area contributed by atoms with Crippen LogP contribution in [0.1, 0.15) is 6.92 Å². The molecule has 1 atom stereocenters. The second-order valence-corrected chi connectivity index (χ2v) is 3.51. The maximum absolute atomic E-state index is 10.6. The van der Waals surface area contributed by atoms with Crippen molar-refractivity contribution >= 4 is 28.7 Å². The van der Waals surface area contributed by atoms with Crippen LogP contribution in [0.15, 0.2) is 18.2 Å². The lowest BCUT2D eigenvalue weighted by Gasteiger charge is -2.09. The predicted octanol–water partition coefficient (Wildman–Crippen LogP) is 1.54. The Bertz CT molecular complexity index is 497. The second-order valence-electron chi connectivity index (χ2n) is 2.99. The summed E-state index contributed by atoms with van der Waals surface area (Å²) in [5.74, 6) is -0.550. The summed E-state index contributed by atoms with van der Waals surface area (Å²) in [6, 6.07) is 5.24. The number of carboxylic acid groups (broad SMARTS) is 1. The third kappa shape index (κ3) is 1.89. The lowest BCUT2D eigenvalue weighted by molar-refractivity contribution is -0.144. The maximum atomic E-state index is 10.6. The molecular weight excluding hydrogens is 216 g/mol. The normalized spacial score (nSPS) is 12.6. The van der Waals surface area contributed by atoms with Gasteiger partial charge in [-0.2, -0.15) is 8.75 Å². The van der Waals surface area contributed by atoms with Gasteiger partial charge in [0.25, 0.3) is 0 Å². The standard InChI is InChI=1S/C9H8N2O3S/c1-5(9(12)13)14-7-4-2-3-6-8(7)11-15-10-6/h2-5H,1H3,(H,12,13). The number of carboxylic acids is 1. The molecule has 1 aromatic carbocycles. The number of nitrogens with zero attached hydrogens (tertiary/aromatic N) is 2. The molecule has 78 valence electrons. The van der Waals surface area contributed by atoms with Crippen LogP contribution in [-0.2, 0) is 4.79 Å². The Labute approximate surface area is 89.6 Å². The molecular formula is C9H8N2O3S. The van der Waals surface area contributed by atoms with Crippen LogP contribution in [0.5, 0.6) is 5.75 Å². The zero-order chi connectivity index (χ0) is 10.8. The van der Waals surface area contributed by atoms with Crippen molar-refractivity contribution in [2.24, 2.45) is 0 Å². The molecule has 0 fully saturated rings. The fraction of sp³-hybridized carbons (Fsp3) is 0.222. The number of ether oxygens (including phenoxy) is 1. The molecule has 15 heavy (non-hydrogen) atoms. The van der Waals surface area contributed by atoms with Gasteiger partial charge in [0.1, 0.15) is 16.8 Å². The van der Waals surface area contributed by atoms with E-state index in [0.29, 0.717) is 11.3 Å². The van der Waals surface area contributed by atoms with Gasteiger partial charge in [-0.1, -0.05) is 6.07 Å².